The van der Waals surface area contributed by atoms with Crippen molar-refractivity contribution in [2.75, 3.05) is 0 Å². The molecule has 0 saturated carbocycles. The van der Waals surface area contributed by atoms with Gasteiger partial charge in [0.05, 0.1) is 18.6 Å². The lowest BCUT2D eigenvalue weighted by Gasteiger charge is -2.09. The summed E-state index contributed by atoms with van der Waals surface area (Å²) in [6.45, 7) is 4.29. The predicted octanol–water partition coefficient (Wildman–Crippen LogP) is 1.82. The molecular formula is C14H18FN5. The Kier molecular flexibility index (Phi) is 4.34. The Morgan fingerprint density at radius 3 is 2.90 bits per heavy atom. The second kappa shape index (κ2) is 6.18. The number of nitrogens with two attached hydrogens (primary N) is 1. The van der Waals surface area contributed by atoms with E-state index in [9.17, 15) is 4.39 Å². The van der Waals surface area contributed by atoms with Gasteiger partial charge in [0, 0.05) is 18.4 Å². The molecule has 2 aromatic rings. The summed E-state index contributed by atoms with van der Waals surface area (Å²) in [7, 11) is 0. The summed E-state index contributed by atoms with van der Waals surface area (Å²) in [6.07, 6.45) is 4.86. The standard InChI is InChI=1S/C14H18FN5/c1-10(2)19-14(16)18-8-11-3-4-13(12(15)7-11)20-6-5-17-9-20/h3-7,9-10H,8H2,1-2H3,(H3,16,18,19). The molecule has 0 aliphatic heterocycles. The van der Waals surface area contributed by atoms with Gasteiger partial charge in [0.2, 0.25) is 0 Å². The van der Waals surface area contributed by atoms with Gasteiger partial charge in [0.15, 0.2) is 5.96 Å². The van der Waals surface area contributed by atoms with Crippen LogP contribution in [0.1, 0.15) is 19.4 Å². The fraction of sp³-hybridized carbons (Fsp3) is 0.286. The molecule has 6 heteroatoms. The molecule has 106 valence electrons. The molecular weight excluding hydrogens is 257 g/mol. The highest BCUT2D eigenvalue weighted by Crippen LogP contribution is 2.15. The molecule has 0 spiro atoms. The Morgan fingerprint density at radius 2 is 2.30 bits per heavy atom. The summed E-state index contributed by atoms with van der Waals surface area (Å²) in [5.74, 6) is 0.0465. The first-order valence-corrected chi connectivity index (χ1v) is 6.39. The average Bonchev–Trinajstić information content (AvgIpc) is 2.89. The van der Waals surface area contributed by atoms with Crippen LogP contribution in [-0.4, -0.2) is 21.6 Å². The van der Waals surface area contributed by atoms with Crippen molar-refractivity contribution >= 4 is 5.96 Å². The Bertz CT molecular complexity index is 590. The molecule has 20 heavy (non-hydrogen) atoms. The molecule has 1 aromatic heterocycles. The molecule has 0 saturated heterocycles. The molecule has 0 radical (unpaired) electrons. The molecule has 2 rings (SSSR count). The largest absolute Gasteiger partial charge is 0.370 e. The van der Waals surface area contributed by atoms with Gasteiger partial charge in [-0.25, -0.2) is 14.4 Å². The van der Waals surface area contributed by atoms with Crippen molar-refractivity contribution in [3.63, 3.8) is 0 Å². The summed E-state index contributed by atoms with van der Waals surface area (Å²) in [6, 6.07) is 5.21. The van der Waals surface area contributed by atoms with Crippen LogP contribution in [0.25, 0.3) is 5.69 Å². The van der Waals surface area contributed by atoms with Gasteiger partial charge in [-0.3, -0.25) is 0 Å². The van der Waals surface area contributed by atoms with Crippen molar-refractivity contribution in [3.8, 4) is 5.69 Å². The summed E-state index contributed by atoms with van der Waals surface area (Å²) >= 11 is 0. The van der Waals surface area contributed by atoms with Gasteiger partial charge in [-0.15, -0.1) is 0 Å². The zero-order valence-corrected chi connectivity index (χ0v) is 11.5. The number of guanidine groups is 1. The van der Waals surface area contributed by atoms with Crippen molar-refractivity contribution in [2.45, 2.75) is 26.4 Å². The highest BCUT2D eigenvalue weighted by atomic mass is 19.1. The van der Waals surface area contributed by atoms with Crippen LogP contribution >= 0.6 is 0 Å². The van der Waals surface area contributed by atoms with E-state index in [0.717, 1.165) is 5.56 Å². The minimum absolute atomic E-state index is 0.221. The van der Waals surface area contributed by atoms with E-state index in [1.165, 1.54) is 6.07 Å². The second-order valence-corrected chi connectivity index (χ2v) is 4.76. The number of benzene rings is 1. The number of hydrogen-bond donors (Lipinski definition) is 2. The fourth-order valence-electron chi connectivity index (χ4n) is 1.78. The Hall–Kier alpha value is -2.37. The summed E-state index contributed by atoms with van der Waals surface area (Å²) in [4.78, 5) is 8.06. The minimum atomic E-state index is -0.314. The number of halogens is 1. The lowest BCUT2D eigenvalue weighted by molar-refractivity contribution is 0.615. The van der Waals surface area contributed by atoms with E-state index in [2.05, 4.69) is 15.3 Å². The van der Waals surface area contributed by atoms with E-state index in [1.807, 2.05) is 19.9 Å². The molecule has 0 aliphatic rings. The van der Waals surface area contributed by atoms with Gasteiger partial charge < -0.3 is 15.6 Å². The fourth-order valence-corrected chi connectivity index (χ4v) is 1.78. The van der Waals surface area contributed by atoms with E-state index in [4.69, 9.17) is 5.73 Å². The van der Waals surface area contributed by atoms with Crippen molar-refractivity contribution < 1.29 is 4.39 Å². The highest BCUT2D eigenvalue weighted by molar-refractivity contribution is 5.78. The van der Waals surface area contributed by atoms with E-state index in [-0.39, 0.29) is 11.9 Å². The predicted molar refractivity (Wildman–Crippen MR) is 77.1 cm³/mol. The van der Waals surface area contributed by atoms with Crippen LogP contribution in [0.4, 0.5) is 4.39 Å². The van der Waals surface area contributed by atoms with Crippen LogP contribution in [0.5, 0.6) is 0 Å². The van der Waals surface area contributed by atoms with E-state index in [0.29, 0.717) is 18.2 Å². The Balaban J connectivity index is 2.10. The highest BCUT2D eigenvalue weighted by Gasteiger charge is 2.05. The third-order valence-corrected chi connectivity index (χ3v) is 2.66. The van der Waals surface area contributed by atoms with Gasteiger partial charge in [-0.1, -0.05) is 6.07 Å². The van der Waals surface area contributed by atoms with Gasteiger partial charge in [-0.05, 0) is 31.5 Å². The molecule has 0 amide bonds. The van der Waals surface area contributed by atoms with Crippen molar-refractivity contribution in [2.24, 2.45) is 10.7 Å². The molecule has 1 heterocycles. The lowest BCUT2D eigenvalue weighted by Crippen LogP contribution is -2.36. The molecule has 1 aromatic carbocycles. The van der Waals surface area contributed by atoms with Gasteiger partial charge in [-0.2, -0.15) is 0 Å². The first-order chi connectivity index (χ1) is 9.56. The molecule has 0 unspecified atom stereocenters. The van der Waals surface area contributed by atoms with Crippen LogP contribution in [0.2, 0.25) is 0 Å². The minimum Gasteiger partial charge on any atom is -0.370 e. The van der Waals surface area contributed by atoms with Gasteiger partial charge >= 0.3 is 0 Å². The summed E-state index contributed by atoms with van der Waals surface area (Å²) < 4.78 is 15.6. The van der Waals surface area contributed by atoms with E-state index >= 15 is 0 Å². The van der Waals surface area contributed by atoms with Crippen LogP contribution in [0, 0.1) is 5.82 Å². The normalized spacial score (nSPS) is 11.9. The molecule has 0 fully saturated rings. The Morgan fingerprint density at radius 1 is 1.50 bits per heavy atom. The smallest absolute Gasteiger partial charge is 0.189 e. The number of aromatic nitrogens is 2. The first kappa shape index (κ1) is 14.0. The number of nitrogens with zero attached hydrogens (tertiary/aromatic N) is 3. The van der Waals surface area contributed by atoms with Gasteiger partial charge in [0.1, 0.15) is 5.82 Å². The number of imidazole rings is 1. The summed E-state index contributed by atoms with van der Waals surface area (Å²) in [5.41, 5.74) is 6.93. The quantitative estimate of drug-likeness (QED) is 0.660. The molecule has 0 bridgehead atoms. The maximum absolute atomic E-state index is 14.0. The van der Waals surface area contributed by atoms with Crippen LogP contribution in [-0.2, 0) is 6.54 Å². The van der Waals surface area contributed by atoms with E-state index in [1.54, 1.807) is 29.4 Å². The van der Waals surface area contributed by atoms with Crippen molar-refractivity contribution in [1.82, 2.24) is 14.9 Å². The SMILES string of the molecule is CC(C)NC(N)=NCc1ccc(-n2ccnc2)c(F)c1. The number of nitrogens with one attached hydrogen (secondary N) is 1. The molecule has 5 nitrogen and oxygen atoms in total. The molecule has 0 atom stereocenters. The Labute approximate surface area is 117 Å². The van der Waals surface area contributed by atoms with Crippen LogP contribution < -0.4 is 11.1 Å². The first-order valence-electron chi connectivity index (χ1n) is 6.39. The lowest BCUT2D eigenvalue weighted by atomic mass is 10.2. The van der Waals surface area contributed by atoms with Crippen LogP contribution in [0.3, 0.4) is 0 Å². The second-order valence-electron chi connectivity index (χ2n) is 4.76. The third kappa shape index (κ3) is 3.57. The average molecular weight is 275 g/mol. The van der Waals surface area contributed by atoms with E-state index < -0.39 is 0 Å². The van der Waals surface area contributed by atoms with Crippen molar-refractivity contribution in [1.29, 1.82) is 0 Å². The topological polar surface area (TPSA) is 68.2 Å². The number of aliphatic imine (C=N–C) groups is 1. The molecule has 3 N–H and O–H groups in total. The number of hydrogen-bond acceptors (Lipinski definition) is 2. The van der Waals surface area contributed by atoms with Crippen LogP contribution in [0.15, 0.2) is 41.9 Å². The maximum atomic E-state index is 14.0. The third-order valence-electron chi connectivity index (χ3n) is 2.66. The van der Waals surface area contributed by atoms with Gasteiger partial charge in [0.25, 0.3) is 0 Å². The monoisotopic (exact) mass is 275 g/mol. The van der Waals surface area contributed by atoms with Crippen molar-refractivity contribution in [3.05, 3.63) is 48.3 Å². The zero-order chi connectivity index (χ0) is 14.5. The molecule has 0 aliphatic carbocycles. The number of rotatable bonds is 4. The maximum Gasteiger partial charge on any atom is 0.189 e. The summed E-state index contributed by atoms with van der Waals surface area (Å²) in [5, 5.41) is 2.98. The zero-order valence-electron chi connectivity index (χ0n) is 11.5.